The maximum atomic E-state index is 5.72. The van der Waals surface area contributed by atoms with Crippen LogP contribution in [-0.2, 0) is 0 Å². The molecule has 2 rings (SSSR count). The fourth-order valence-corrected chi connectivity index (χ4v) is 2.14. The Hall–Kier alpha value is -1.35. The topological polar surface area (TPSA) is 22.1 Å². The average Bonchev–Trinajstić information content (AvgIpc) is 2.32. The second kappa shape index (κ2) is 5.53. The molecular formula is C15H16BrNO. The van der Waals surface area contributed by atoms with E-state index < -0.39 is 0 Å². The summed E-state index contributed by atoms with van der Waals surface area (Å²) in [5.74, 6) is 1.96. The van der Waals surface area contributed by atoms with Crippen LogP contribution >= 0.6 is 15.9 Å². The molecular weight excluding hydrogens is 290 g/mol. The van der Waals surface area contributed by atoms with E-state index in [9.17, 15) is 0 Å². The van der Waals surface area contributed by atoms with Gasteiger partial charge in [0, 0.05) is 16.7 Å². The van der Waals surface area contributed by atoms with E-state index in [1.807, 2.05) is 18.2 Å². The minimum absolute atomic E-state index is 0.532. The number of pyridine rings is 1. The van der Waals surface area contributed by atoms with E-state index in [0.29, 0.717) is 11.8 Å². The standard InChI is InChI=1S/C15H16BrNO/c1-10(2)14-6-5-13(8-11(14)3)18-15-7-4-12(16)9-17-15/h4-10H,1-3H3. The average molecular weight is 306 g/mol. The Morgan fingerprint density at radius 3 is 2.50 bits per heavy atom. The Kier molecular flexibility index (Phi) is 4.02. The van der Waals surface area contributed by atoms with Crippen molar-refractivity contribution in [1.29, 1.82) is 0 Å². The number of aryl methyl sites for hydroxylation is 1. The second-order valence-corrected chi connectivity index (χ2v) is 5.51. The van der Waals surface area contributed by atoms with Crippen molar-refractivity contribution in [1.82, 2.24) is 4.98 Å². The van der Waals surface area contributed by atoms with Crippen LogP contribution in [0.25, 0.3) is 0 Å². The minimum atomic E-state index is 0.532. The molecule has 0 saturated heterocycles. The van der Waals surface area contributed by atoms with E-state index in [4.69, 9.17) is 4.74 Å². The lowest BCUT2D eigenvalue weighted by molar-refractivity contribution is 0.462. The first-order valence-electron chi connectivity index (χ1n) is 5.96. The highest BCUT2D eigenvalue weighted by Gasteiger charge is 2.05. The predicted octanol–water partition coefficient (Wildman–Crippen LogP) is 5.07. The molecule has 0 aliphatic heterocycles. The third-order valence-corrected chi connectivity index (χ3v) is 3.26. The predicted molar refractivity (Wildman–Crippen MR) is 77.3 cm³/mol. The molecule has 2 aromatic rings. The van der Waals surface area contributed by atoms with E-state index in [-0.39, 0.29) is 0 Å². The minimum Gasteiger partial charge on any atom is -0.439 e. The molecule has 0 bridgehead atoms. The van der Waals surface area contributed by atoms with Crippen LogP contribution in [0.15, 0.2) is 41.0 Å². The SMILES string of the molecule is Cc1cc(Oc2ccc(Br)cn2)ccc1C(C)C. The van der Waals surface area contributed by atoms with Gasteiger partial charge < -0.3 is 4.74 Å². The summed E-state index contributed by atoms with van der Waals surface area (Å²) in [6.07, 6.45) is 1.73. The van der Waals surface area contributed by atoms with Crippen molar-refractivity contribution in [2.24, 2.45) is 0 Å². The van der Waals surface area contributed by atoms with E-state index in [0.717, 1.165) is 10.2 Å². The quantitative estimate of drug-likeness (QED) is 0.790. The Bertz CT molecular complexity index is 535. The summed E-state index contributed by atoms with van der Waals surface area (Å²) >= 11 is 3.35. The molecule has 0 spiro atoms. The Morgan fingerprint density at radius 2 is 1.94 bits per heavy atom. The number of aromatic nitrogens is 1. The molecule has 0 saturated carbocycles. The van der Waals surface area contributed by atoms with Gasteiger partial charge in [0.2, 0.25) is 5.88 Å². The fourth-order valence-electron chi connectivity index (χ4n) is 1.90. The van der Waals surface area contributed by atoms with E-state index in [2.05, 4.69) is 53.8 Å². The first-order valence-corrected chi connectivity index (χ1v) is 6.75. The summed E-state index contributed by atoms with van der Waals surface area (Å²) in [6, 6.07) is 9.92. The van der Waals surface area contributed by atoms with Gasteiger partial charge in [0.25, 0.3) is 0 Å². The molecule has 0 amide bonds. The molecule has 0 N–H and O–H groups in total. The van der Waals surface area contributed by atoms with Crippen LogP contribution in [0.4, 0.5) is 0 Å². The normalized spacial score (nSPS) is 10.7. The van der Waals surface area contributed by atoms with Crippen molar-refractivity contribution in [2.45, 2.75) is 26.7 Å². The van der Waals surface area contributed by atoms with Gasteiger partial charge in [-0.05, 0) is 58.1 Å². The first kappa shape index (κ1) is 13.1. The summed E-state index contributed by atoms with van der Waals surface area (Å²) in [5.41, 5.74) is 2.60. The number of hydrogen-bond donors (Lipinski definition) is 0. The zero-order valence-corrected chi connectivity index (χ0v) is 12.4. The van der Waals surface area contributed by atoms with Gasteiger partial charge in [-0.25, -0.2) is 4.98 Å². The molecule has 0 fully saturated rings. The maximum Gasteiger partial charge on any atom is 0.219 e. The maximum absolute atomic E-state index is 5.72. The molecule has 1 aromatic heterocycles. The lowest BCUT2D eigenvalue weighted by Gasteiger charge is -2.11. The number of halogens is 1. The molecule has 94 valence electrons. The largest absolute Gasteiger partial charge is 0.439 e. The number of hydrogen-bond acceptors (Lipinski definition) is 2. The van der Waals surface area contributed by atoms with Crippen molar-refractivity contribution in [2.75, 3.05) is 0 Å². The van der Waals surface area contributed by atoms with Gasteiger partial charge >= 0.3 is 0 Å². The van der Waals surface area contributed by atoms with Crippen molar-refractivity contribution in [3.63, 3.8) is 0 Å². The van der Waals surface area contributed by atoms with Crippen molar-refractivity contribution < 1.29 is 4.74 Å². The number of nitrogens with zero attached hydrogens (tertiary/aromatic N) is 1. The highest BCUT2D eigenvalue weighted by Crippen LogP contribution is 2.26. The van der Waals surface area contributed by atoms with Gasteiger partial charge in [-0.15, -0.1) is 0 Å². The van der Waals surface area contributed by atoms with Gasteiger partial charge in [0.1, 0.15) is 5.75 Å². The molecule has 0 atom stereocenters. The monoisotopic (exact) mass is 305 g/mol. The van der Waals surface area contributed by atoms with E-state index in [1.54, 1.807) is 6.20 Å². The van der Waals surface area contributed by atoms with E-state index in [1.165, 1.54) is 11.1 Å². The number of benzene rings is 1. The van der Waals surface area contributed by atoms with Gasteiger partial charge in [0.15, 0.2) is 0 Å². The number of ether oxygens (including phenoxy) is 1. The van der Waals surface area contributed by atoms with Crippen LogP contribution in [0, 0.1) is 6.92 Å². The van der Waals surface area contributed by atoms with Gasteiger partial charge in [-0.1, -0.05) is 19.9 Å². The molecule has 1 heterocycles. The van der Waals surface area contributed by atoms with Gasteiger partial charge in [-0.2, -0.15) is 0 Å². The molecule has 3 heteroatoms. The Labute approximate surface area is 116 Å². The third-order valence-electron chi connectivity index (χ3n) is 2.79. The first-order chi connectivity index (χ1) is 8.56. The zero-order valence-electron chi connectivity index (χ0n) is 10.8. The molecule has 0 aliphatic carbocycles. The fraction of sp³-hybridized carbons (Fsp3) is 0.267. The number of rotatable bonds is 3. The zero-order chi connectivity index (χ0) is 13.1. The lowest BCUT2D eigenvalue weighted by atomic mass is 9.98. The van der Waals surface area contributed by atoms with Crippen molar-refractivity contribution in [3.8, 4) is 11.6 Å². The summed E-state index contributed by atoms with van der Waals surface area (Å²) in [5, 5.41) is 0. The summed E-state index contributed by atoms with van der Waals surface area (Å²) in [6.45, 7) is 6.50. The molecule has 0 unspecified atom stereocenters. The van der Waals surface area contributed by atoms with Crippen LogP contribution in [0.3, 0.4) is 0 Å². The lowest BCUT2D eigenvalue weighted by Crippen LogP contribution is -1.93. The molecule has 2 nitrogen and oxygen atoms in total. The summed E-state index contributed by atoms with van der Waals surface area (Å²) in [7, 11) is 0. The van der Waals surface area contributed by atoms with E-state index >= 15 is 0 Å². The van der Waals surface area contributed by atoms with Crippen molar-refractivity contribution >= 4 is 15.9 Å². The molecule has 0 aliphatic rings. The smallest absolute Gasteiger partial charge is 0.219 e. The van der Waals surface area contributed by atoms with Crippen molar-refractivity contribution in [3.05, 3.63) is 52.1 Å². The summed E-state index contributed by atoms with van der Waals surface area (Å²) in [4.78, 5) is 4.19. The van der Waals surface area contributed by atoms with Crippen LogP contribution in [-0.4, -0.2) is 4.98 Å². The second-order valence-electron chi connectivity index (χ2n) is 4.59. The van der Waals surface area contributed by atoms with Crippen LogP contribution in [0.1, 0.15) is 30.9 Å². The Morgan fingerprint density at radius 1 is 1.17 bits per heavy atom. The van der Waals surface area contributed by atoms with Crippen LogP contribution in [0.5, 0.6) is 11.6 Å². The van der Waals surface area contributed by atoms with Crippen LogP contribution < -0.4 is 4.74 Å². The van der Waals surface area contributed by atoms with Gasteiger partial charge in [0.05, 0.1) is 0 Å². The molecule has 1 aromatic carbocycles. The van der Waals surface area contributed by atoms with Crippen LogP contribution in [0.2, 0.25) is 0 Å². The Balaban J connectivity index is 2.20. The molecule has 0 radical (unpaired) electrons. The highest BCUT2D eigenvalue weighted by molar-refractivity contribution is 9.10. The van der Waals surface area contributed by atoms with Gasteiger partial charge in [-0.3, -0.25) is 0 Å². The highest BCUT2D eigenvalue weighted by atomic mass is 79.9. The summed E-state index contributed by atoms with van der Waals surface area (Å²) < 4.78 is 6.66. The molecule has 18 heavy (non-hydrogen) atoms. The third kappa shape index (κ3) is 3.10.